The zero-order valence-electron chi connectivity index (χ0n) is 11.8. The topological polar surface area (TPSA) is 46.0 Å². The number of nitrogens with zero attached hydrogens (tertiary/aromatic N) is 4. The van der Waals surface area contributed by atoms with Gasteiger partial charge in [0.1, 0.15) is 12.2 Å². The SMILES string of the molecule is CCCn1ncnc1CN1CCNCC1C(C)C. The Morgan fingerprint density at radius 1 is 1.50 bits per heavy atom. The number of rotatable bonds is 5. The second-order valence-corrected chi connectivity index (χ2v) is 5.39. The first-order valence-electron chi connectivity index (χ1n) is 7.03. The van der Waals surface area contributed by atoms with Crippen LogP contribution in [0, 0.1) is 5.92 Å². The molecule has 1 aromatic rings. The molecule has 0 aromatic carbocycles. The first-order valence-corrected chi connectivity index (χ1v) is 7.03. The Bertz CT molecular complexity index is 360. The minimum atomic E-state index is 0.602. The van der Waals surface area contributed by atoms with Crippen molar-refractivity contribution in [2.24, 2.45) is 5.92 Å². The van der Waals surface area contributed by atoms with Gasteiger partial charge in [-0.1, -0.05) is 20.8 Å². The minimum Gasteiger partial charge on any atom is -0.314 e. The van der Waals surface area contributed by atoms with Crippen LogP contribution in [0.1, 0.15) is 33.0 Å². The standard InChI is InChI=1S/C13H25N5/c1-4-6-18-13(15-10-16-18)9-17-7-5-14-8-12(17)11(2)3/h10-12,14H,4-9H2,1-3H3. The van der Waals surface area contributed by atoms with Crippen molar-refractivity contribution in [2.75, 3.05) is 19.6 Å². The van der Waals surface area contributed by atoms with Crippen molar-refractivity contribution in [3.05, 3.63) is 12.2 Å². The van der Waals surface area contributed by atoms with Crippen molar-refractivity contribution in [2.45, 2.75) is 46.3 Å². The van der Waals surface area contributed by atoms with Gasteiger partial charge in [0, 0.05) is 32.2 Å². The maximum Gasteiger partial charge on any atom is 0.141 e. The summed E-state index contributed by atoms with van der Waals surface area (Å²) in [7, 11) is 0. The van der Waals surface area contributed by atoms with Crippen LogP contribution in [0.2, 0.25) is 0 Å². The molecule has 1 aliphatic rings. The molecule has 1 N–H and O–H groups in total. The number of aryl methyl sites for hydroxylation is 1. The average Bonchev–Trinajstić information content (AvgIpc) is 2.78. The van der Waals surface area contributed by atoms with E-state index in [2.05, 4.69) is 41.1 Å². The second kappa shape index (κ2) is 6.29. The Kier molecular flexibility index (Phi) is 4.72. The van der Waals surface area contributed by atoms with Gasteiger partial charge >= 0.3 is 0 Å². The Hall–Kier alpha value is -0.940. The molecule has 0 radical (unpaired) electrons. The molecule has 2 heterocycles. The molecule has 0 amide bonds. The molecule has 0 spiro atoms. The fourth-order valence-corrected chi connectivity index (χ4v) is 2.61. The molecule has 1 saturated heterocycles. The van der Waals surface area contributed by atoms with Crippen molar-refractivity contribution >= 4 is 0 Å². The summed E-state index contributed by atoms with van der Waals surface area (Å²) in [6.45, 7) is 11.9. The summed E-state index contributed by atoms with van der Waals surface area (Å²) < 4.78 is 2.04. The van der Waals surface area contributed by atoms with Crippen LogP contribution in [0.4, 0.5) is 0 Å². The number of piperazine rings is 1. The van der Waals surface area contributed by atoms with E-state index in [1.54, 1.807) is 6.33 Å². The molecule has 5 nitrogen and oxygen atoms in total. The Morgan fingerprint density at radius 2 is 2.33 bits per heavy atom. The van der Waals surface area contributed by atoms with E-state index in [1.165, 1.54) is 0 Å². The van der Waals surface area contributed by atoms with Gasteiger partial charge in [0.15, 0.2) is 0 Å². The summed E-state index contributed by atoms with van der Waals surface area (Å²) >= 11 is 0. The van der Waals surface area contributed by atoms with Gasteiger partial charge in [-0.05, 0) is 12.3 Å². The summed E-state index contributed by atoms with van der Waals surface area (Å²) in [6, 6.07) is 0.602. The van der Waals surface area contributed by atoms with E-state index in [1.807, 2.05) is 4.68 Å². The van der Waals surface area contributed by atoms with Crippen LogP contribution in [0.3, 0.4) is 0 Å². The predicted molar refractivity (Wildman–Crippen MR) is 72.2 cm³/mol. The molecule has 0 aliphatic carbocycles. The van der Waals surface area contributed by atoms with Crippen LogP contribution in [-0.4, -0.2) is 45.3 Å². The molecule has 102 valence electrons. The van der Waals surface area contributed by atoms with Crippen molar-refractivity contribution in [1.29, 1.82) is 0 Å². The average molecular weight is 251 g/mol. The summed E-state index contributed by atoms with van der Waals surface area (Å²) in [5, 5.41) is 7.79. The number of hydrogen-bond acceptors (Lipinski definition) is 4. The van der Waals surface area contributed by atoms with Gasteiger partial charge in [0.05, 0.1) is 6.54 Å². The maximum atomic E-state index is 4.41. The smallest absolute Gasteiger partial charge is 0.141 e. The maximum absolute atomic E-state index is 4.41. The van der Waals surface area contributed by atoms with Gasteiger partial charge in [-0.25, -0.2) is 9.67 Å². The number of hydrogen-bond donors (Lipinski definition) is 1. The highest BCUT2D eigenvalue weighted by molar-refractivity contribution is 4.90. The zero-order valence-corrected chi connectivity index (χ0v) is 11.8. The lowest BCUT2D eigenvalue weighted by molar-refractivity contribution is 0.112. The van der Waals surface area contributed by atoms with E-state index in [-0.39, 0.29) is 0 Å². The predicted octanol–water partition coefficient (Wildman–Crippen LogP) is 1.12. The summed E-state index contributed by atoms with van der Waals surface area (Å²) in [5.41, 5.74) is 0. The third kappa shape index (κ3) is 3.09. The van der Waals surface area contributed by atoms with Crippen molar-refractivity contribution in [1.82, 2.24) is 25.0 Å². The van der Waals surface area contributed by atoms with E-state index in [0.717, 1.165) is 45.0 Å². The minimum absolute atomic E-state index is 0.602. The van der Waals surface area contributed by atoms with Crippen LogP contribution >= 0.6 is 0 Å². The lowest BCUT2D eigenvalue weighted by Gasteiger charge is -2.38. The molecule has 1 atom stereocenters. The van der Waals surface area contributed by atoms with Gasteiger partial charge < -0.3 is 5.32 Å². The van der Waals surface area contributed by atoms with Crippen LogP contribution in [-0.2, 0) is 13.1 Å². The zero-order chi connectivity index (χ0) is 13.0. The van der Waals surface area contributed by atoms with Gasteiger partial charge in [-0.3, -0.25) is 4.90 Å². The van der Waals surface area contributed by atoms with Crippen LogP contribution < -0.4 is 5.32 Å². The highest BCUT2D eigenvalue weighted by Crippen LogP contribution is 2.15. The van der Waals surface area contributed by atoms with Gasteiger partial charge in [-0.15, -0.1) is 0 Å². The molecular formula is C13H25N5. The van der Waals surface area contributed by atoms with E-state index >= 15 is 0 Å². The van der Waals surface area contributed by atoms with Crippen molar-refractivity contribution in [3.8, 4) is 0 Å². The first kappa shape index (κ1) is 13.5. The third-order valence-electron chi connectivity index (χ3n) is 3.64. The second-order valence-electron chi connectivity index (χ2n) is 5.39. The Labute approximate surface area is 110 Å². The van der Waals surface area contributed by atoms with Crippen LogP contribution in [0.5, 0.6) is 0 Å². The van der Waals surface area contributed by atoms with E-state index < -0.39 is 0 Å². The van der Waals surface area contributed by atoms with E-state index in [0.29, 0.717) is 12.0 Å². The van der Waals surface area contributed by atoms with Crippen molar-refractivity contribution in [3.63, 3.8) is 0 Å². The molecule has 1 aliphatic heterocycles. The van der Waals surface area contributed by atoms with Gasteiger partial charge in [0.2, 0.25) is 0 Å². The molecule has 1 aromatic heterocycles. The molecule has 1 unspecified atom stereocenters. The molecule has 18 heavy (non-hydrogen) atoms. The summed E-state index contributed by atoms with van der Waals surface area (Å²) in [4.78, 5) is 6.95. The molecular weight excluding hydrogens is 226 g/mol. The highest BCUT2D eigenvalue weighted by Gasteiger charge is 2.25. The number of nitrogens with one attached hydrogen (secondary N) is 1. The Morgan fingerprint density at radius 3 is 3.06 bits per heavy atom. The van der Waals surface area contributed by atoms with Gasteiger partial charge in [0.25, 0.3) is 0 Å². The lowest BCUT2D eigenvalue weighted by Crippen LogP contribution is -2.53. The Balaban J connectivity index is 2.04. The fourth-order valence-electron chi connectivity index (χ4n) is 2.61. The molecule has 0 bridgehead atoms. The molecule has 1 fully saturated rings. The van der Waals surface area contributed by atoms with Crippen LogP contribution in [0.15, 0.2) is 6.33 Å². The molecule has 5 heteroatoms. The van der Waals surface area contributed by atoms with Crippen molar-refractivity contribution < 1.29 is 0 Å². The highest BCUT2D eigenvalue weighted by atomic mass is 15.4. The first-order chi connectivity index (χ1) is 8.72. The molecule has 0 saturated carbocycles. The normalized spacial score (nSPS) is 21.7. The van der Waals surface area contributed by atoms with Gasteiger partial charge in [-0.2, -0.15) is 5.10 Å². The van der Waals surface area contributed by atoms with Crippen LogP contribution in [0.25, 0.3) is 0 Å². The molecule has 2 rings (SSSR count). The third-order valence-corrected chi connectivity index (χ3v) is 3.64. The fraction of sp³-hybridized carbons (Fsp3) is 0.846. The largest absolute Gasteiger partial charge is 0.314 e. The van der Waals surface area contributed by atoms with E-state index in [9.17, 15) is 0 Å². The quantitative estimate of drug-likeness (QED) is 0.852. The summed E-state index contributed by atoms with van der Waals surface area (Å²) in [6.07, 6.45) is 2.78. The number of aromatic nitrogens is 3. The monoisotopic (exact) mass is 251 g/mol. The lowest BCUT2D eigenvalue weighted by atomic mass is 10.0. The van der Waals surface area contributed by atoms with E-state index in [4.69, 9.17) is 0 Å². The summed E-state index contributed by atoms with van der Waals surface area (Å²) in [5.74, 6) is 1.77.